The van der Waals surface area contributed by atoms with Gasteiger partial charge in [0.05, 0.1) is 22.5 Å². The smallest absolute Gasteiger partial charge is 0.254 e. The second-order valence-corrected chi connectivity index (χ2v) is 6.00. The Labute approximate surface area is 119 Å². The van der Waals surface area contributed by atoms with Gasteiger partial charge in [-0.2, -0.15) is 0 Å². The molecule has 1 atom stereocenters. The van der Waals surface area contributed by atoms with E-state index in [9.17, 15) is 4.79 Å². The van der Waals surface area contributed by atoms with E-state index in [1.807, 2.05) is 0 Å². The molecule has 0 spiro atoms. The molecular formula is C10H12Cl3NO2S. The van der Waals surface area contributed by atoms with E-state index in [2.05, 4.69) is 5.32 Å². The first-order valence-corrected chi connectivity index (χ1v) is 6.99. The van der Waals surface area contributed by atoms with E-state index in [1.165, 1.54) is 0 Å². The maximum absolute atomic E-state index is 11.9. The van der Waals surface area contributed by atoms with Gasteiger partial charge in [-0.3, -0.25) is 4.79 Å². The Balaban J connectivity index is 2.66. The molecule has 1 N–H and O–H groups in total. The molecule has 7 heteroatoms. The molecule has 0 aliphatic carbocycles. The molecule has 0 saturated carbocycles. The van der Waals surface area contributed by atoms with E-state index in [0.29, 0.717) is 33.1 Å². The lowest BCUT2D eigenvalue weighted by Gasteiger charge is -2.16. The Morgan fingerprint density at radius 1 is 1.59 bits per heavy atom. The van der Waals surface area contributed by atoms with Crippen LogP contribution >= 0.6 is 46.1 Å². The molecule has 0 aromatic carbocycles. The van der Waals surface area contributed by atoms with Crippen molar-refractivity contribution < 1.29 is 9.53 Å². The van der Waals surface area contributed by atoms with Gasteiger partial charge in [0, 0.05) is 13.0 Å². The largest absolute Gasteiger partial charge is 0.383 e. The van der Waals surface area contributed by atoms with Crippen LogP contribution in [0, 0.1) is 0 Å². The predicted molar refractivity (Wildman–Crippen MR) is 72.8 cm³/mol. The fourth-order valence-electron chi connectivity index (χ4n) is 1.29. The SMILES string of the molecule is COCC(CCCl)NC(=O)c1cc(Cl)sc1Cl. The number of carbonyl (C=O) groups excluding carboxylic acids is 1. The maximum Gasteiger partial charge on any atom is 0.254 e. The van der Waals surface area contributed by atoms with Crippen LogP contribution in [0.1, 0.15) is 16.8 Å². The van der Waals surface area contributed by atoms with Crippen LogP contribution in [0.2, 0.25) is 8.67 Å². The lowest BCUT2D eigenvalue weighted by molar-refractivity contribution is 0.0896. The first-order chi connectivity index (χ1) is 8.08. The highest BCUT2D eigenvalue weighted by Crippen LogP contribution is 2.31. The molecule has 0 bridgehead atoms. The number of nitrogens with one attached hydrogen (secondary N) is 1. The van der Waals surface area contributed by atoms with E-state index in [1.54, 1.807) is 13.2 Å². The Hall–Kier alpha value is -0.0000000000000000555. The van der Waals surface area contributed by atoms with Gasteiger partial charge >= 0.3 is 0 Å². The highest BCUT2D eigenvalue weighted by Gasteiger charge is 2.17. The second kappa shape index (κ2) is 7.44. The van der Waals surface area contributed by atoms with Crippen LogP contribution in [0.25, 0.3) is 0 Å². The highest BCUT2D eigenvalue weighted by atomic mass is 35.5. The van der Waals surface area contributed by atoms with Gasteiger partial charge in [-0.25, -0.2) is 0 Å². The molecule has 0 aliphatic rings. The minimum atomic E-state index is -0.259. The minimum absolute atomic E-state index is 0.125. The van der Waals surface area contributed by atoms with Crippen LogP contribution in [0.15, 0.2) is 6.07 Å². The van der Waals surface area contributed by atoms with Gasteiger partial charge in [-0.05, 0) is 12.5 Å². The summed E-state index contributed by atoms with van der Waals surface area (Å²) in [5.74, 6) is 0.192. The van der Waals surface area contributed by atoms with Gasteiger partial charge < -0.3 is 10.1 Å². The molecule has 0 fully saturated rings. The van der Waals surface area contributed by atoms with Gasteiger partial charge in [0.2, 0.25) is 0 Å². The summed E-state index contributed by atoms with van der Waals surface area (Å²) in [7, 11) is 1.57. The zero-order chi connectivity index (χ0) is 12.8. The van der Waals surface area contributed by atoms with Crippen LogP contribution in [0.4, 0.5) is 0 Å². The van der Waals surface area contributed by atoms with Crippen LogP contribution in [0.3, 0.4) is 0 Å². The van der Waals surface area contributed by atoms with Crippen molar-refractivity contribution in [1.29, 1.82) is 0 Å². The number of amides is 1. The van der Waals surface area contributed by atoms with Crippen molar-refractivity contribution in [2.75, 3.05) is 19.6 Å². The fourth-order valence-corrected chi connectivity index (χ4v) is 3.01. The molecule has 1 aromatic rings. The molecule has 1 aromatic heterocycles. The van der Waals surface area contributed by atoms with Crippen molar-refractivity contribution in [3.05, 3.63) is 20.3 Å². The van der Waals surface area contributed by atoms with Gasteiger partial charge in [0.25, 0.3) is 5.91 Å². The number of methoxy groups -OCH3 is 1. The molecule has 0 saturated heterocycles. The zero-order valence-corrected chi connectivity index (χ0v) is 12.2. The summed E-state index contributed by atoms with van der Waals surface area (Å²) >= 11 is 18.5. The van der Waals surface area contributed by atoms with Crippen molar-refractivity contribution in [3.63, 3.8) is 0 Å². The molecule has 3 nitrogen and oxygen atoms in total. The lowest BCUT2D eigenvalue weighted by Crippen LogP contribution is -2.38. The molecule has 1 heterocycles. The van der Waals surface area contributed by atoms with Crippen molar-refractivity contribution in [3.8, 4) is 0 Å². The first kappa shape index (κ1) is 15.1. The third-order valence-corrected chi connectivity index (χ3v) is 3.77. The normalized spacial score (nSPS) is 12.5. The third-order valence-electron chi connectivity index (χ3n) is 2.06. The summed E-state index contributed by atoms with van der Waals surface area (Å²) in [4.78, 5) is 11.9. The van der Waals surface area contributed by atoms with Gasteiger partial charge in [0.15, 0.2) is 0 Å². The van der Waals surface area contributed by atoms with E-state index in [4.69, 9.17) is 39.5 Å². The van der Waals surface area contributed by atoms with Crippen LogP contribution in [-0.2, 0) is 4.74 Å². The third kappa shape index (κ3) is 4.64. The van der Waals surface area contributed by atoms with E-state index in [0.717, 1.165) is 11.3 Å². The van der Waals surface area contributed by atoms with Gasteiger partial charge in [0.1, 0.15) is 4.34 Å². The molecule has 17 heavy (non-hydrogen) atoms. The number of alkyl halides is 1. The highest BCUT2D eigenvalue weighted by molar-refractivity contribution is 7.20. The molecule has 1 rings (SSSR count). The average Bonchev–Trinajstić information content (AvgIpc) is 2.58. The standard InChI is InChI=1S/C10H12Cl3NO2S/c1-16-5-6(2-3-11)14-10(15)7-4-8(12)17-9(7)13/h4,6H,2-3,5H2,1H3,(H,14,15). The fraction of sp³-hybridized carbons (Fsp3) is 0.500. The number of hydrogen-bond donors (Lipinski definition) is 1. The summed E-state index contributed by atoms with van der Waals surface area (Å²) in [6, 6.07) is 1.42. The molecular weight excluding hydrogens is 305 g/mol. The zero-order valence-electron chi connectivity index (χ0n) is 9.13. The first-order valence-electron chi connectivity index (χ1n) is 4.89. The average molecular weight is 317 g/mol. The predicted octanol–water partition coefficient (Wildman–Crippen LogP) is 3.43. The summed E-state index contributed by atoms with van der Waals surface area (Å²) < 4.78 is 5.87. The number of rotatable bonds is 6. The summed E-state index contributed by atoms with van der Waals surface area (Å²) in [5, 5.41) is 2.80. The number of hydrogen-bond acceptors (Lipinski definition) is 3. The van der Waals surface area contributed by atoms with E-state index >= 15 is 0 Å². The van der Waals surface area contributed by atoms with Crippen molar-refractivity contribution >= 4 is 52.0 Å². The molecule has 0 aliphatic heterocycles. The van der Waals surface area contributed by atoms with Gasteiger partial charge in [-0.1, -0.05) is 23.2 Å². The number of halogens is 3. The Morgan fingerprint density at radius 2 is 2.29 bits per heavy atom. The summed E-state index contributed by atoms with van der Waals surface area (Å²) in [6.07, 6.45) is 0.636. The van der Waals surface area contributed by atoms with E-state index in [-0.39, 0.29) is 11.9 Å². The van der Waals surface area contributed by atoms with Gasteiger partial charge in [-0.15, -0.1) is 22.9 Å². The second-order valence-electron chi connectivity index (χ2n) is 3.34. The Morgan fingerprint density at radius 3 is 2.76 bits per heavy atom. The monoisotopic (exact) mass is 315 g/mol. The molecule has 1 amide bonds. The van der Waals surface area contributed by atoms with Crippen LogP contribution < -0.4 is 5.32 Å². The van der Waals surface area contributed by atoms with Crippen molar-refractivity contribution in [2.24, 2.45) is 0 Å². The van der Waals surface area contributed by atoms with Crippen LogP contribution in [0.5, 0.6) is 0 Å². The quantitative estimate of drug-likeness (QED) is 0.817. The molecule has 0 radical (unpaired) electrons. The lowest BCUT2D eigenvalue weighted by atomic mass is 10.2. The van der Waals surface area contributed by atoms with Crippen LogP contribution in [-0.4, -0.2) is 31.5 Å². The topological polar surface area (TPSA) is 38.3 Å². The minimum Gasteiger partial charge on any atom is -0.383 e. The van der Waals surface area contributed by atoms with Crippen molar-refractivity contribution in [2.45, 2.75) is 12.5 Å². The Kier molecular flexibility index (Phi) is 6.59. The van der Waals surface area contributed by atoms with E-state index < -0.39 is 0 Å². The summed E-state index contributed by atoms with van der Waals surface area (Å²) in [6.45, 7) is 0.411. The molecule has 96 valence electrons. The van der Waals surface area contributed by atoms with Crippen molar-refractivity contribution in [1.82, 2.24) is 5.32 Å². The Bertz CT molecular complexity index is 378. The number of carbonyl (C=O) groups is 1. The molecule has 1 unspecified atom stereocenters. The number of thiophene rings is 1. The number of ether oxygens (including phenoxy) is 1. The maximum atomic E-state index is 11.9. The summed E-state index contributed by atoms with van der Waals surface area (Å²) in [5.41, 5.74) is 0.386.